The second-order valence-corrected chi connectivity index (χ2v) is 7.10. The number of nitrogens with one attached hydrogen (secondary N) is 1. The monoisotopic (exact) mass is 387 g/mol. The lowest BCUT2D eigenvalue weighted by Gasteiger charge is -2.21. The summed E-state index contributed by atoms with van der Waals surface area (Å²) in [5.41, 5.74) is 0.504. The van der Waals surface area contributed by atoms with Crippen LogP contribution in [0.2, 0.25) is 0 Å². The number of terminal acetylenes is 1. The van der Waals surface area contributed by atoms with Gasteiger partial charge in [-0.3, -0.25) is 4.98 Å². The Kier molecular flexibility index (Phi) is 7.46. The molecule has 0 amide bonds. The third-order valence-corrected chi connectivity index (χ3v) is 5.76. The molecule has 1 aliphatic heterocycles. The molecule has 0 bridgehead atoms. The average molecular weight is 388 g/mol. The summed E-state index contributed by atoms with van der Waals surface area (Å²) in [6, 6.07) is 5.18. The fourth-order valence-electron chi connectivity index (χ4n) is 2.73. The zero-order chi connectivity index (χ0) is 15.6. The predicted octanol–water partition coefficient (Wildman–Crippen LogP) is 2.04. The Morgan fingerprint density at radius 3 is 2.71 bits per heavy atom. The van der Waals surface area contributed by atoms with Gasteiger partial charge in [0.15, 0.2) is 0 Å². The van der Waals surface area contributed by atoms with Crippen LogP contribution in [0, 0.1) is 12.3 Å². The summed E-state index contributed by atoms with van der Waals surface area (Å²) >= 11 is 0. The molecule has 1 aliphatic rings. The quantitative estimate of drug-likeness (QED) is 0.800. The highest BCUT2D eigenvalue weighted by Gasteiger charge is 2.27. The number of benzene rings is 1. The summed E-state index contributed by atoms with van der Waals surface area (Å²) in [7, 11) is -3.57. The number of rotatable bonds is 2. The Hall–Kier alpha value is -1.36. The second kappa shape index (κ2) is 8.65. The van der Waals surface area contributed by atoms with Crippen molar-refractivity contribution in [3.8, 4) is 12.3 Å². The molecule has 0 spiro atoms. The van der Waals surface area contributed by atoms with Gasteiger partial charge in [0.2, 0.25) is 10.0 Å². The van der Waals surface area contributed by atoms with Crippen molar-refractivity contribution in [3.05, 3.63) is 36.2 Å². The lowest BCUT2D eigenvalue weighted by atomic mass is 10.1. The van der Waals surface area contributed by atoms with Crippen LogP contribution in [0.25, 0.3) is 10.8 Å². The Bertz CT molecular complexity index is 837. The van der Waals surface area contributed by atoms with E-state index in [9.17, 15) is 8.42 Å². The van der Waals surface area contributed by atoms with Crippen molar-refractivity contribution in [2.24, 2.45) is 0 Å². The van der Waals surface area contributed by atoms with Crippen LogP contribution >= 0.6 is 24.8 Å². The molecule has 2 aromatic rings. The molecular formula is C16H19Cl2N3O2S. The van der Waals surface area contributed by atoms with Crippen molar-refractivity contribution >= 4 is 45.6 Å². The number of aromatic nitrogens is 1. The molecule has 24 heavy (non-hydrogen) atoms. The Morgan fingerprint density at radius 1 is 1.17 bits per heavy atom. The summed E-state index contributed by atoms with van der Waals surface area (Å²) in [4.78, 5) is 4.34. The summed E-state index contributed by atoms with van der Waals surface area (Å²) in [6.07, 6.45) is 9.49. The molecule has 1 aromatic heterocycles. The highest BCUT2D eigenvalue weighted by Crippen LogP contribution is 2.28. The first kappa shape index (κ1) is 20.7. The van der Waals surface area contributed by atoms with Crippen LogP contribution in [0.5, 0.6) is 0 Å². The third-order valence-electron chi connectivity index (χ3n) is 3.82. The molecule has 8 heteroatoms. The van der Waals surface area contributed by atoms with Gasteiger partial charge in [0.05, 0.1) is 10.5 Å². The van der Waals surface area contributed by atoms with Crippen LogP contribution in [0.4, 0.5) is 0 Å². The van der Waals surface area contributed by atoms with E-state index in [-0.39, 0.29) is 29.7 Å². The standard InChI is InChI=1S/C16H17N3O2S.2ClH/c1-2-13-11-18-12-14-5-3-6-15(16(13)14)22(20,21)19-9-4-7-17-8-10-19;;/h1,3,5-6,11-12,17H,4,7-10H2;2*1H. The smallest absolute Gasteiger partial charge is 0.243 e. The van der Waals surface area contributed by atoms with Crippen molar-refractivity contribution in [2.45, 2.75) is 11.3 Å². The summed E-state index contributed by atoms with van der Waals surface area (Å²) in [5, 5.41) is 4.53. The largest absolute Gasteiger partial charge is 0.315 e. The lowest BCUT2D eigenvalue weighted by molar-refractivity contribution is 0.432. The van der Waals surface area contributed by atoms with Gasteiger partial charge in [-0.2, -0.15) is 4.31 Å². The molecule has 1 fully saturated rings. The number of sulfonamides is 1. The molecule has 3 rings (SSSR count). The van der Waals surface area contributed by atoms with E-state index in [1.165, 1.54) is 10.5 Å². The van der Waals surface area contributed by atoms with Crippen molar-refractivity contribution in [3.63, 3.8) is 0 Å². The number of pyridine rings is 1. The molecule has 0 aliphatic carbocycles. The normalized spacial score (nSPS) is 15.6. The lowest BCUT2D eigenvalue weighted by Crippen LogP contribution is -2.34. The van der Waals surface area contributed by atoms with E-state index in [0.717, 1.165) is 18.4 Å². The minimum absolute atomic E-state index is 0. The molecular weight excluding hydrogens is 369 g/mol. The molecule has 130 valence electrons. The maximum atomic E-state index is 13.0. The van der Waals surface area contributed by atoms with E-state index >= 15 is 0 Å². The fourth-order valence-corrected chi connectivity index (χ4v) is 4.44. The van der Waals surface area contributed by atoms with Crippen molar-refractivity contribution in [2.75, 3.05) is 26.2 Å². The van der Waals surface area contributed by atoms with Crippen LogP contribution in [0.3, 0.4) is 0 Å². The Labute approximate surface area is 154 Å². The minimum atomic E-state index is -3.57. The van der Waals surface area contributed by atoms with Gasteiger partial charge < -0.3 is 5.32 Å². The molecule has 0 radical (unpaired) electrons. The van der Waals surface area contributed by atoms with Gasteiger partial charge in [-0.1, -0.05) is 18.1 Å². The number of hydrogen-bond acceptors (Lipinski definition) is 4. The van der Waals surface area contributed by atoms with Crippen LogP contribution < -0.4 is 5.32 Å². The van der Waals surface area contributed by atoms with E-state index in [1.807, 2.05) is 6.07 Å². The first-order valence-corrected chi connectivity index (χ1v) is 8.63. The first-order chi connectivity index (χ1) is 10.6. The maximum absolute atomic E-state index is 13.0. The zero-order valence-electron chi connectivity index (χ0n) is 12.9. The van der Waals surface area contributed by atoms with E-state index in [1.54, 1.807) is 18.3 Å². The highest BCUT2D eigenvalue weighted by atomic mass is 35.5. The fraction of sp³-hybridized carbons (Fsp3) is 0.312. The average Bonchev–Trinajstić information content (AvgIpc) is 2.83. The van der Waals surface area contributed by atoms with Gasteiger partial charge in [-0.25, -0.2) is 8.42 Å². The Morgan fingerprint density at radius 2 is 1.96 bits per heavy atom. The molecule has 0 atom stereocenters. The van der Waals surface area contributed by atoms with Crippen LogP contribution in [0.1, 0.15) is 12.0 Å². The van der Waals surface area contributed by atoms with Crippen LogP contribution in [0.15, 0.2) is 35.5 Å². The van der Waals surface area contributed by atoms with Crippen molar-refractivity contribution in [1.82, 2.24) is 14.6 Å². The van der Waals surface area contributed by atoms with Crippen molar-refractivity contribution < 1.29 is 8.42 Å². The topological polar surface area (TPSA) is 62.3 Å². The van der Waals surface area contributed by atoms with Gasteiger partial charge in [0.1, 0.15) is 0 Å². The van der Waals surface area contributed by atoms with Crippen LogP contribution in [-0.4, -0.2) is 43.9 Å². The van der Waals surface area contributed by atoms with Gasteiger partial charge >= 0.3 is 0 Å². The van der Waals surface area contributed by atoms with Gasteiger partial charge in [0.25, 0.3) is 0 Å². The number of fused-ring (bicyclic) bond motifs is 1. The molecule has 1 N–H and O–H groups in total. The summed E-state index contributed by atoms with van der Waals surface area (Å²) < 4.78 is 27.6. The Balaban J connectivity index is 0.00000144. The summed E-state index contributed by atoms with van der Waals surface area (Å²) in [5.74, 6) is 2.54. The van der Waals surface area contributed by atoms with Gasteiger partial charge in [-0.15, -0.1) is 31.2 Å². The molecule has 0 saturated carbocycles. The minimum Gasteiger partial charge on any atom is -0.315 e. The van der Waals surface area contributed by atoms with E-state index in [4.69, 9.17) is 6.42 Å². The van der Waals surface area contributed by atoms with Gasteiger partial charge in [0, 0.05) is 42.8 Å². The number of hydrogen-bond donors (Lipinski definition) is 1. The predicted molar refractivity (Wildman–Crippen MR) is 100 cm³/mol. The number of nitrogens with zero attached hydrogens (tertiary/aromatic N) is 2. The van der Waals surface area contributed by atoms with E-state index in [2.05, 4.69) is 16.2 Å². The highest BCUT2D eigenvalue weighted by molar-refractivity contribution is 7.89. The molecule has 5 nitrogen and oxygen atoms in total. The maximum Gasteiger partial charge on any atom is 0.243 e. The molecule has 0 unspecified atom stereocenters. The second-order valence-electron chi connectivity index (χ2n) is 5.19. The summed E-state index contributed by atoms with van der Waals surface area (Å²) in [6.45, 7) is 2.48. The SMILES string of the molecule is C#Cc1cncc2cccc(S(=O)(=O)N3CCCNCC3)c12.Cl.Cl. The first-order valence-electron chi connectivity index (χ1n) is 7.19. The molecule has 1 aromatic carbocycles. The van der Waals surface area contributed by atoms with E-state index in [0.29, 0.717) is 30.6 Å². The van der Waals surface area contributed by atoms with E-state index < -0.39 is 10.0 Å². The number of halogens is 2. The van der Waals surface area contributed by atoms with Crippen molar-refractivity contribution in [1.29, 1.82) is 0 Å². The third kappa shape index (κ3) is 3.82. The van der Waals surface area contributed by atoms with Gasteiger partial charge in [-0.05, 0) is 19.0 Å². The van der Waals surface area contributed by atoms with Crippen LogP contribution in [-0.2, 0) is 10.0 Å². The zero-order valence-corrected chi connectivity index (χ0v) is 15.4. The molecule has 1 saturated heterocycles. The molecule has 2 heterocycles.